The van der Waals surface area contributed by atoms with Crippen LogP contribution in [-0.2, 0) is 21.4 Å². The zero-order valence-corrected chi connectivity index (χ0v) is 16.1. The summed E-state index contributed by atoms with van der Waals surface area (Å²) < 4.78 is 32.6. The summed E-state index contributed by atoms with van der Waals surface area (Å²) in [6.45, 7) is 3.90. The molecule has 0 aliphatic heterocycles. The fourth-order valence-electron chi connectivity index (χ4n) is 2.61. The molecule has 1 saturated carbocycles. The van der Waals surface area contributed by atoms with Gasteiger partial charge < -0.3 is 10.5 Å². The van der Waals surface area contributed by atoms with Crippen LogP contribution in [0.3, 0.4) is 0 Å². The Kier molecular flexibility index (Phi) is 6.30. The van der Waals surface area contributed by atoms with Crippen LogP contribution in [0.5, 0.6) is 5.75 Å². The molecule has 8 heteroatoms. The van der Waals surface area contributed by atoms with Gasteiger partial charge in [-0.3, -0.25) is 4.79 Å². The molecule has 0 heterocycles. The number of amides is 1. The Morgan fingerprint density at radius 2 is 1.96 bits per heavy atom. The molecule has 3 rings (SSSR count). The average Bonchev–Trinajstić information content (AvgIpc) is 3.33. The lowest BCUT2D eigenvalue weighted by atomic mass is 10.2. The number of ether oxygens (including phenoxy) is 1. The molecule has 0 saturated heterocycles. The molecule has 0 aromatic heterocycles. The quantitative estimate of drug-likeness (QED) is 0.685. The SMILES string of the molecule is C=C[C@@H]1C[C@@]1(N)C(=O)NS(=O)(=O)c1cccc(OCc2ccccc2)c1.Cl. The monoisotopic (exact) mass is 408 g/mol. The van der Waals surface area contributed by atoms with E-state index in [1.807, 2.05) is 35.1 Å². The molecule has 0 bridgehead atoms. The first kappa shape index (κ1) is 21.0. The van der Waals surface area contributed by atoms with E-state index in [2.05, 4.69) is 6.58 Å². The Morgan fingerprint density at radius 1 is 1.26 bits per heavy atom. The molecule has 1 aliphatic rings. The van der Waals surface area contributed by atoms with Crippen LogP contribution >= 0.6 is 12.4 Å². The number of hydrogen-bond donors (Lipinski definition) is 2. The van der Waals surface area contributed by atoms with Gasteiger partial charge in [-0.15, -0.1) is 19.0 Å². The lowest BCUT2D eigenvalue weighted by Crippen LogP contribution is -2.46. The second kappa shape index (κ2) is 8.12. The van der Waals surface area contributed by atoms with Crippen LogP contribution in [0.15, 0.2) is 72.1 Å². The Labute approximate surface area is 164 Å². The molecule has 0 spiro atoms. The third-order valence-corrected chi connectivity index (χ3v) is 5.69. The molecule has 2 aromatic rings. The van der Waals surface area contributed by atoms with E-state index in [-0.39, 0.29) is 23.2 Å². The molecule has 1 fully saturated rings. The van der Waals surface area contributed by atoms with Crippen molar-refractivity contribution in [3.63, 3.8) is 0 Å². The maximum absolute atomic E-state index is 12.5. The Bertz CT molecular complexity index is 934. The van der Waals surface area contributed by atoms with Gasteiger partial charge in [0, 0.05) is 12.0 Å². The zero-order valence-electron chi connectivity index (χ0n) is 14.5. The fourth-order valence-corrected chi connectivity index (χ4v) is 3.69. The highest BCUT2D eigenvalue weighted by molar-refractivity contribution is 7.90. The van der Waals surface area contributed by atoms with Gasteiger partial charge in [0.2, 0.25) is 0 Å². The van der Waals surface area contributed by atoms with Gasteiger partial charge in [0.25, 0.3) is 15.9 Å². The lowest BCUT2D eigenvalue weighted by molar-refractivity contribution is -0.121. The standard InChI is InChI=1S/C19H20N2O4S.ClH/c1-2-15-12-19(15,20)18(22)21-26(23,24)17-10-6-9-16(11-17)25-13-14-7-4-3-5-8-14;/h2-11,15H,1,12-13,20H2,(H,21,22);1H/t15-,19+;/m1./s1. The van der Waals surface area contributed by atoms with Crippen LogP contribution in [0, 0.1) is 5.92 Å². The molecule has 27 heavy (non-hydrogen) atoms. The van der Waals surface area contributed by atoms with Crippen molar-refractivity contribution in [3.05, 3.63) is 72.8 Å². The van der Waals surface area contributed by atoms with Gasteiger partial charge in [0.15, 0.2) is 0 Å². The molecule has 3 N–H and O–H groups in total. The number of hydrogen-bond acceptors (Lipinski definition) is 5. The van der Waals surface area contributed by atoms with E-state index in [0.717, 1.165) is 5.56 Å². The number of carbonyl (C=O) groups is 1. The minimum Gasteiger partial charge on any atom is -0.489 e. The minimum absolute atomic E-state index is 0. The number of rotatable bonds is 7. The highest BCUT2D eigenvalue weighted by atomic mass is 35.5. The van der Waals surface area contributed by atoms with Crippen molar-refractivity contribution in [1.29, 1.82) is 0 Å². The normalized spacial score (nSPS) is 20.9. The molecule has 6 nitrogen and oxygen atoms in total. The molecule has 2 aromatic carbocycles. The van der Waals surface area contributed by atoms with E-state index < -0.39 is 21.5 Å². The van der Waals surface area contributed by atoms with Crippen molar-refractivity contribution in [2.75, 3.05) is 0 Å². The highest BCUT2D eigenvalue weighted by Gasteiger charge is 2.56. The fraction of sp³-hybridized carbons (Fsp3) is 0.211. The first-order valence-corrected chi connectivity index (χ1v) is 9.59. The molecule has 1 aliphatic carbocycles. The Hall–Kier alpha value is -2.35. The first-order valence-electron chi connectivity index (χ1n) is 8.10. The van der Waals surface area contributed by atoms with Gasteiger partial charge in [-0.05, 0) is 24.1 Å². The van der Waals surface area contributed by atoms with Crippen LogP contribution in [0.4, 0.5) is 0 Å². The molecular weight excluding hydrogens is 388 g/mol. The van der Waals surface area contributed by atoms with Crippen molar-refractivity contribution < 1.29 is 17.9 Å². The average molecular weight is 409 g/mol. The predicted octanol–water partition coefficient (Wildman–Crippen LogP) is 2.40. The Morgan fingerprint density at radius 3 is 2.59 bits per heavy atom. The largest absolute Gasteiger partial charge is 0.489 e. The van der Waals surface area contributed by atoms with Gasteiger partial charge in [0.05, 0.1) is 4.90 Å². The van der Waals surface area contributed by atoms with E-state index >= 15 is 0 Å². The predicted molar refractivity (Wildman–Crippen MR) is 105 cm³/mol. The first-order chi connectivity index (χ1) is 12.3. The van der Waals surface area contributed by atoms with Gasteiger partial charge in [-0.25, -0.2) is 13.1 Å². The second-order valence-corrected chi connectivity index (χ2v) is 7.95. The summed E-state index contributed by atoms with van der Waals surface area (Å²) in [4.78, 5) is 12.1. The summed E-state index contributed by atoms with van der Waals surface area (Å²) in [5.74, 6) is -0.543. The summed E-state index contributed by atoms with van der Waals surface area (Å²) in [7, 11) is -4.03. The van der Waals surface area contributed by atoms with Crippen LogP contribution in [0.25, 0.3) is 0 Å². The number of sulfonamides is 1. The number of nitrogens with one attached hydrogen (secondary N) is 1. The van der Waals surface area contributed by atoms with Crippen molar-refractivity contribution >= 4 is 28.3 Å². The maximum Gasteiger partial charge on any atom is 0.264 e. The molecule has 0 unspecified atom stereocenters. The maximum atomic E-state index is 12.5. The summed E-state index contributed by atoms with van der Waals surface area (Å²) >= 11 is 0. The van der Waals surface area contributed by atoms with Crippen LogP contribution < -0.4 is 15.2 Å². The summed E-state index contributed by atoms with van der Waals surface area (Å²) in [5.41, 5.74) is 5.66. The molecular formula is C19H21ClN2O4S. The third kappa shape index (κ3) is 4.68. The van der Waals surface area contributed by atoms with E-state index in [1.54, 1.807) is 18.2 Å². The van der Waals surface area contributed by atoms with Crippen molar-refractivity contribution in [2.24, 2.45) is 11.7 Å². The number of nitrogens with two attached hydrogens (primary N) is 1. The van der Waals surface area contributed by atoms with Gasteiger partial charge in [-0.1, -0.05) is 42.5 Å². The van der Waals surface area contributed by atoms with Gasteiger partial charge in [-0.2, -0.15) is 0 Å². The summed E-state index contributed by atoms with van der Waals surface area (Å²) in [6.07, 6.45) is 1.95. The molecule has 1 amide bonds. The summed E-state index contributed by atoms with van der Waals surface area (Å²) in [6, 6.07) is 15.5. The highest BCUT2D eigenvalue weighted by Crippen LogP contribution is 2.42. The smallest absolute Gasteiger partial charge is 0.264 e. The molecule has 0 radical (unpaired) electrons. The van der Waals surface area contributed by atoms with Crippen molar-refractivity contribution in [3.8, 4) is 5.75 Å². The van der Waals surface area contributed by atoms with Gasteiger partial charge in [0.1, 0.15) is 17.9 Å². The van der Waals surface area contributed by atoms with E-state index in [4.69, 9.17) is 10.5 Å². The second-order valence-electron chi connectivity index (χ2n) is 6.27. The zero-order chi connectivity index (χ0) is 18.8. The topological polar surface area (TPSA) is 98.5 Å². The number of carbonyl (C=O) groups excluding carboxylic acids is 1. The number of halogens is 1. The lowest BCUT2D eigenvalue weighted by Gasteiger charge is -2.13. The number of benzene rings is 2. The summed E-state index contributed by atoms with van der Waals surface area (Å²) in [5, 5.41) is 0. The van der Waals surface area contributed by atoms with E-state index in [9.17, 15) is 13.2 Å². The van der Waals surface area contributed by atoms with Crippen LogP contribution in [-0.4, -0.2) is 19.9 Å². The van der Waals surface area contributed by atoms with Gasteiger partial charge >= 0.3 is 0 Å². The third-order valence-electron chi connectivity index (χ3n) is 4.36. The Balaban J connectivity index is 0.00000261. The van der Waals surface area contributed by atoms with Crippen molar-refractivity contribution in [2.45, 2.75) is 23.5 Å². The minimum atomic E-state index is -4.03. The molecule has 2 atom stereocenters. The van der Waals surface area contributed by atoms with Crippen molar-refractivity contribution in [1.82, 2.24) is 4.72 Å². The van der Waals surface area contributed by atoms with Crippen LogP contribution in [0.2, 0.25) is 0 Å². The van der Waals surface area contributed by atoms with E-state index in [1.165, 1.54) is 12.1 Å². The van der Waals surface area contributed by atoms with E-state index in [0.29, 0.717) is 18.8 Å². The molecule has 144 valence electrons. The van der Waals surface area contributed by atoms with Crippen LogP contribution in [0.1, 0.15) is 12.0 Å².